The predicted octanol–water partition coefficient (Wildman–Crippen LogP) is 1.85. The molecule has 168 valence electrons. The van der Waals surface area contributed by atoms with Crippen LogP contribution in [0.25, 0.3) is 6.08 Å². The number of nitrogens with zero attached hydrogens (tertiary/aromatic N) is 1. The molecule has 0 saturated carbocycles. The first-order valence-electron chi connectivity index (χ1n) is 8.65. The zero-order valence-corrected chi connectivity index (χ0v) is 18.8. The van der Waals surface area contributed by atoms with Crippen molar-refractivity contribution in [1.29, 1.82) is 0 Å². The van der Waals surface area contributed by atoms with Gasteiger partial charge in [0.2, 0.25) is 10.0 Å². The fraction of sp³-hybridized carbons (Fsp3) is 0.211. The summed E-state index contributed by atoms with van der Waals surface area (Å²) in [5.74, 6) is -1.19. The van der Waals surface area contributed by atoms with E-state index in [4.69, 9.17) is 14.6 Å². The van der Waals surface area contributed by atoms with Gasteiger partial charge in [0, 0.05) is 25.9 Å². The van der Waals surface area contributed by atoms with E-state index in [0.29, 0.717) is 0 Å². The molecular formula is C19H22N2O8S2. The molecular weight excluding hydrogens is 448 g/mol. The summed E-state index contributed by atoms with van der Waals surface area (Å²) in [6.07, 6.45) is 2.07. The van der Waals surface area contributed by atoms with E-state index >= 15 is 0 Å². The lowest BCUT2D eigenvalue weighted by Gasteiger charge is -2.16. The summed E-state index contributed by atoms with van der Waals surface area (Å²) in [6.45, 7) is 0. The molecule has 0 spiro atoms. The predicted molar refractivity (Wildman–Crippen MR) is 114 cm³/mol. The van der Waals surface area contributed by atoms with Crippen molar-refractivity contribution < 1.29 is 36.2 Å². The number of sulfonamides is 2. The van der Waals surface area contributed by atoms with Gasteiger partial charge in [0.25, 0.3) is 10.0 Å². The van der Waals surface area contributed by atoms with Gasteiger partial charge in [-0.3, -0.25) is 4.72 Å². The van der Waals surface area contributed by atoms with Crippen molar-refractivity contribution in [2.75, 3.05) is 33.0 Å². The van der Waals surface area contributed by atoms with Crippen LogP contribution in [0.15, 0.2) is 52.3 Å². The molecule has 0 aliphatic heterocycles. The average Bonchev–Trinajstić information content (AvgIpc) is 2.71. The Morgan fingerprint density at radius 1 is 1.03 bits per heavy atom. The van der Waals surface area contributed by atoms with Crippen molar-refractivity contribution in [1.82, 2.24) is 4.31 Å². The van der Waals surface area contributed by atoms with Crippen LogP contribution >= 0.6 is 0 Å². The number of rotatable bonds is 9. The van der Waals surface area contributed by atoms with Gasteiger partial charge in [0.15, 0.2) is 11.5 Å². The molecule has 0 unspecified atom stereocenters. The number of hydrogen-bond acceptors (Lipinski definition) is 7. The van der Waals surface area contributed by atoms with E-state index in [0.717, 1.165) is 10.4 Å². The molecule has 0 atom stereocenters. The van der Waals surface area contributed by atoms with Crippen molar-refractivity contribution in [3.63, 3.8) is 0 Å². The number of anilines is 1. The lowest BCUT2D eigenvalue weighted by Crippen LogP contribution is -2.22. The molecule has 0 bridgehead atoms. The largest absolute Gasteiger partial charge is 0.493 e. The molecule has 0 aliphatic carbocycles. The highest BCUT2D eigenvalue weighted by molar-refractivity contribution is 7.92. The minimum absolute atomic E-state index is 0.000466. The highest BCUT2D eigenvalue weighted by atomic mass is 32.2. The van der Waals surface area contributed by atoms with Crippen LogP contribution in [-0.4, -0.2) is 60.5 Å². The van der Waals surface area contributed by atoms with E-state index < -0.39 is 26.0 Å². The third kappa shape index (κ3) is 5.54. The maximum Gasteiger partial charge on any atom is 0.328 e. The van der Waals surface area contributed by atoms with E-state index in [1.54, 1.807) is 0 Å². The van der Waals surface area contributed by atoms with Crippen molar-refractivity contribution in [2.24, 2.45) is 0 Å². The monoisotopic (exact) mass is 470 g/mol. The van der Waals surface area contributed by atoms with Gasteiger partial charge in [-0.25, -0.2) is 25.9 Å². The average molecular weight is 471 g/mol. The van der Waals surface area contributed by atoms with E-state index in [9.17, 15) is 21.6 Å². The molecule has 0 radical (unpaired) electrons. The van der Waals surface area contributed by atoms with E-state index in [-0.39, 0.29) is 32.5 Å². The Hall–Kier alpha value is -3.09. The van der Waals surface area contributed by atoms with Gasteiger partial charge in [0.05, 0.1) is 19.1 Å². The summed E-state index contributed by atoms with van der Waals surface area (Å²) in [6, 6.07) is 7.83. The number of nitrogens with one attached hydrogen (secondary N) is 1. The van der Waals surface area contributed by atoms with Crippen molar-refractivity contribution in [3.05, 3.63) is 48.0 Å². The smallest absolute Gasteiger partial charge is 0.328 e. The van der Waals surface area contributed by atoms with Gasteiger partial charge in [-0.15, -0.1) is 0 Å². The Morgan fingerprint density at radius 3 is 2.13 bits per heavy atom. The Balaban J connectivity index is 2.49. The zero-order chi connectivity index (χ0) is 23.4. The second-order valence-corrected chi connectivity index (χ2v) is 10.1. The summed E-state index contributed by atoms with van der Waals surface area (Å²) in [4.78, 5) is 10.5. The molecule has 0 aromatic heterocycles. The maximum atomic E-state index is 13.0. The molecule has 12 heteroatoms. The summed E-state index contributed by atoms with van der Waals surface area (Å²) in [5, 5.41) is 8.82. The Labute approximate surface area is 180 Å². The van der Waals surface area contributed by atoms with Gasteiger partial charge in [-0.05, 0) is 48.0 Å². The molecule has 0 aliphatic rings. The molecule has 2 aromatic rings. The minimum atomic E-state index is -4.21. The molecule has 2 rings (SSSR count). The van der Waals surface area contributed by atoms with Crippen LogP contribution in [-0.2, 0) is 24.8 Å². The first-order valence-corrected chi connectivity index (χ1v) is 11.6. The highest BCUT2D eigenvalue weighted by Crippen LogP contribution is 2.37. The van der Waals surface area contributed by atoms with Gasteiger partial charge >= 0.3 is 5.97 Å². The van der Waals surface area contributed by atoms with Crippen LogP contribution in [0, 0.1) is 0 Å². The molecule has 0 amide bonds. The van der Waals surface area contributed by atoms with Gasteiger partial charge in [0.1, 0.15) is 4.90 Å². The van der Waals surface area contributed by atoms with E-state index in [1.807, 2.05) is 0 Å². The number of hydrogen-bond donors (Lipinski definition) is 2. The number of methoxy groups -OCH3 is 2. The van der Waals surface area contributed by atoms with Crippen LogP contribution in [0.2, 0.25) is 0 Å². The highest BCUT2D eigenvalue weighted by Gasteiger charge is 2.24. The molecule has 0 heterocycles. The summed E-state index contributed by atoms with van der Waals surface area (Å²) in [7, 11) is -2.52. The van der Waals surface area contributed by atoms with Crippen LogP contribution in [0.5, 0.6) is 11.5 Å². The molecule has 2 aromatic carbocycles. The Kier molecular flexibility index (Phi) is 7.31. The minimum Gasteiger partial charge on any atom is -0.493 e. The topological polar surface area (TPSA) is 139 Å². The number of carboxylic acid groups (broad SMARTS) is 1. The van der Waals surface area contributed by atoms with Gasteiger partial charge < -0.3 is 14.6 Å². The second kappa shape index (κ2) is 9.37. The number of aliphatic carboxylic acids is 1. The SMILES string of the molecule is COc1cc(/C=C/C(=O)O)cc(S(=O)(=O)Nc2ccc(S(=O)(=O)N(C)C)cc2)c1OC. The zero-order valence-electron chi connectivity index (χ0n) is 17.2. The summed E-state index contributed by atoms with van der Waals surface area (Å²) < 4.78 is 64.1. The van der Waals surface area contributed by atoms with E-state index in [2.05, 4.69) is 4.72 Å². The molecule has 2 N–H and O–H groups in total. The Morgan fingerprint density at radius 2 is 1.65 bits per heavy atom. The summed E-state index contributed by atoms with van der Waals surface area (Å²) >= 11 is 0. The first-order chi connectivity index (χ1) is 14.4. The van der Waals surface area contributed by atoms with Crippen LogP contribution in [0.4, 0.5) is 5.69 Å². The maximum absolute atomic E-state index is 13.0. The van der Waals surface area contributed by atoms with Crippen LogP contribution < -0.4 is 14.2 Å². The number of carbonyl (C=O) groups is 1. The van der Waals surface area contributed by atoms with Crippen molar-refractivity contribution in [3.8, 4) is 11.5 Å². The third-order valence-corrected chi connectivity index (χ3v) is 7.28. The fourth-order valence-corrected chi connectivity index (χ4v) is 4.71. The standard InChI is InChI=1S/C19H22N2O8S2/c1-21(2)31(26,27)15-8-6-14(7-9-15)20-30(24,25)17-12-13(5-10-18(22)23)11-16(28-3)19(17)29-4/h5-12,20H,1-4H3,(H,22,23)/b10-5+. The Bertz CT molecular complexity index is 1200. The lowest BCUT2D eigenvalue weighted by molar-refractivity contribution is -0.131. The van der Waals surface area contributed by atoms with E-state index in [1.165, 1.54) is 70.8 Å². The quantitative estimate of drug-likeness (QED) is 0.529. The fourth-order valence-electron chi connectivity index (χ4n) is 2.53. The van der Waals surface area contributed by atoms with Crippen LogP contribution in [0.3, 0.4) is 0 Å². The third-order valence-electron chi connectivity index (χ3n) is 4.06. The van der Waals surface area contributed by atoms with Gasteiger partial charge in [-0.2, -0.15) is 0 Å². The second-order valence-electron chi connectivity index (χ2n) is 6.34. The summed E-state index contributed by atoms with van der Waals surface area (Å²) in [5.41, 5.74) is 0.373. The normalized spacial score (nSPS) is 12.2. The lowest BCUT2D eigenvalue weighted by atomic mass is 10.2. The molecule has 0 fully saturated rings. The molecule has 10 nitrogen and oxygen atoms in total. The first kappa shape index (κ1) is 24.2. The molecule has 31 heavy (non-hydrogen) atoms. The van der Waals surface area contributed by atoms with Gasteiger partial charge in [-0.1, -0.05) is 0 Å². The molecule has 0 saturated heterocycles. The van der Waals surface area contributed by atoms with Crippen molar-refractivity contribution >= 4 is 37.8 Å². The van der Waals surface area contributed by atoms with Crippen LogP contribution in [0.1, 0.15) is 5.56 Å². The number of carboxylic acids is 1. The number of benzene rings is 2. The van der Waals surface area contributed by atoms with Crippen molar-refractivity contribution in [2.45, 2.75) is 9.79 Å². The number of ether oxygens (including phenoxy) is 2.